The number of ketones is 1. The van der Waals surface area contributed by atoms with Crippen molar-refractivity contribution in [2.24, 2.45) is 11.1 Å². The van der Waals surface area contributed by atoms with Crippen molar-refractivity contribution >= 4 is 5.78 Å². The summed E-state index contributed by atoms with van der Waals surface area (Å²) in [6.07, 6.45) is 4.65. The number of nitrogens with zero attached hydrogens (tertiary/aromatic N) is 2. The van der Waals surface area contributed by atoms with E-state index in [1.807, 2.05) is 6.92 Å². The largest absolute Gasteiger partial charge is 0.327 e. The van der Waals surface area contributed by atoms with Gasteiger partial charge in [0.1, 0.15) is 0 Å². The summed E-state index contributed by atoms with van der Waals surface area (Å²) in [4.78, 5) is 11.9. The van der Waals surface area contributed by atoms with Crippen LogP contribution in [0.3, 0.4) is 0 Å². The lowest BCUT2D eigenvalue weighted by Crippen LogP contribution is -2.28. The molecule has 1 unspecified atom stereocenters. The third-order valence-electron chi connectivity index (χ3n) is 2.60. The standard InChI is InChI=1S/C13H23N3O/c1-5-16-9-10(8-15-16)12(17)6-11(14)7-13(2,3)4/h8-9,11H,5-7,14H2,1-4H3. The Kier molecular flexibility index (Phi) is 4.46. The summed E-state index contributed by atoms with van der Waals surface area (Å²) in [5.74, 6) is 0.0847. The van der Waals surface area contributed by atoms with E-state index in [-0.39, 0.29) is 17.2 Å². The van der Waals surface area contributed by atoms with E-state index in [0.717, 1.165) is 13.0 Å². The summed E-state index contributed by atoms with van der Waals surface area (Å²) in [5.41, 5.74) is 6.81. The number of carbonyl (C=O) groups excluding carboxylic acids is 1. The highest BCUT2D eigenvalue weighted by molar-refractivity contribution is 5.95. The van der Waals surface area contributed by atoms with Gasteiger partial charge in [-0.1, -0.05) is 20.8 Å². The molecule has 1 aromatic rings. The third kappa shape index (κ3) is 4.69. The van der Waals surface area contributed by atoms with Gasteiger partial charge in [0.2, 0.25) is 0 Å². The zero-order valence-corrected chi connectivity index (χ0v) is 11.2. The van der Waals surface area contributed by atoms with Gasteiger partial charge in [-0.05, 0) is 18.8 Å². The van der Waals surface area contributed by atoms with Crippen LogP contribution in [0, 0.1) is 5.41 Å². The Morgan fingerprint density at radius 2 is 2.18 bits per heavy atom. The molecule has 1 rings (SSSR count). The van der Waals surface area contributed by atoms with Crippen LogP contribution < -0.4 is 5.73 Å². The highest BCUT2D eigenvalue weighted by Crippen LogP contribution is 2.21. The van der Waals surface area contributed by atoms with Gasteiger partial charge in [0.25, 0.3) is 0 Å². The minimum absolute atomic E-state index is 0.0764. The Balaban J connectivity index is 2.54. The number of hydrogen-bond donors (Lipinski definition) is 1. The molecular weight excluding hydrogens is 214 g/mol. The van der Waals surface area contributed by atoms with E-state index in [1.165, 1.54) is 0 Å². The van der Waals surface area contributed by atoms with Gasteiger partial charge in [-0.15, -0.1) is 0 Å². The summed E-state index contributed by atoms with van der Waals surface area (Å²) in [6, 6.07) is -0.0764. The first-order chi connectivity index (χ1) is 7.81. The molecule has 0 amide bonds. The predicted molar refractivity (Wildman–Crippen MR) is 68.9 cm³/mol. The molecule has 0 aliphatic carbocycles. The molecule has 0 saturated carbocycles. The molecule has 96 valence electrons. The Labute approximate surface area is 103 Å². The average molecular weight is 237 g/mol. The molecule has 1 atom stereocenters. The number of hydrogen-bond acceptors (Lipinski definition) is 3. The van der Waals surface area contributed by atoms with Crippen molar-refractivity contribution in [3.63, 3.8) is 0 Å². The minimum atomic E-state index is -0.0764. The Morgan fingerprint density at radius 1 is 1.53 bits per heavy atom. The van der Waals surface area contributed by atoms with Crippen molar-refractivity contribution in [3.05, 3.63) is 18.0 Å². The van der Waals surface area contributed by atoms with E-state index in [2.05, 4.69) is 25.9 Å². The Morgan fingerprint density at radius 3 is 2.65 bits per heavy atom. The number of carbonyl (C=O) groups is 1. The number of rotatable bonds is 5. The number of Topliss-reactive ketones (excluding diaryl/α,β-unsaturated/α-hetero) is 1. The lowest BCUT2D eigenvalue weighted by molar-refractivity contribution is 0.0968. The molecule has 1 heterocycles. The number of nitrogens with two attached hydrogens (primary N) is 1. The molecule has 4 heteroatoms. The molecule has 1 aromatic heterocycles. The maximum Gasteiger partial charge on any atom is 0.167 e. The second kappa shape index (κ2) is 5.45. The van der Waals surface area contributed by atoms with Crippen molar-refractivity contribution < 1.29 is 4.79 Å². The van der Waals surface area contributed by atoms with Gasteiger partial charge < -0.3 is 5.73 Å². The first kappa shape index (κ1) is 13.9. The van der Waals surface area contributed by atoms with E-state index >= 15 is 0 Å². The van der Waals surface area contributed by atoms with Crippen LogP contribution in [-0.2, 0) is 6.54 Å². The monoisotopic (exact) mass is 237 g/mol. The molecule has 0 saturated heterocycles. The van der Waals surface area contributed by atoms with E-state index in [9.17, 15) is 4.79 Å². The van der Waals surface area contributed by atoms with Crippen LogP contribution in [0.5, 0.6) is 0 Å². The van der Waals surface area contributed by atoms with E-state index in [4.69, 9.17) is 5.73 Å². The highest BCUT2D eigenvalue weighted by atomic mass is 16.1. The first-order valence-corrected chi connectivity index (χ1v) is 6.13. The highest BCUT2D eigenvalue weighted by Gasteiger charge is 2.19. The molecule has 0 bridgehead atoms. The summed E-state index contributed by atoms with van der Waals surface area (Å²) in [7, 11) is 0. The van der Waals surface area contributed by atoms with Gasteiger partial charge >= 0.3 is 0 Å². The molecule has 0 aromatic carbocycles. The van der Waals surface area contributed by atoms with Gasteiger partial charge in [-0.3, -0.25) is 9.48 Å². The average Bonchev–Trinajstić information content (AvgIpc) is 2.62. The van der Waals surface area contributed by atoms with Crippen molar-refractivity contribution in [3.8, 4) is 0 Å². The molecular formula is C13H23N3O. The van der Waals surface area contributed by atoms with Crippen LogP contribution in [0.4, 0.5) is 0 Å². The van der Waals surface area contributed by atoms with Crippen LogP contribution in [0.1, 0.15) is 50.9 Å². The third-order valence-corrected chi connectivity index (χ3v) is 2.60. The Hall–Kier alpha value is -1.16. The first-order valence-electron chi connectivity index (χ1n) is 6.13. The summed E-state index contributed by atoms with van der Waals surface area (Å²) in [6.45, 7) is 9.17. The fourth-order valence-electron chi connectivity index (χ4n) is 1.90. The van der Waals surface area contributed by atoms with Crippen molar-refractivity contribution in [1.29, 1.82) is 0 Å². The van der Waals surface area contributed by atoms with Crippen LogP contribution >= 0.6 is 0 Å². The predicted octanol–water partition coefficient (Wildman–Crippen LogP) is 2.24. The van der Waals surface area contributed by atoms with Gasteiger partial charge in [0, 0.05) is 25.2 Å². The van der Waals surface area contributed by atoms with Gasteiger partial charge in [0.15, 0.2) is 5.78 Å². The van der Waals surface area contributed by atoms with Gasteiger partial charge in [-0.25, -0.2) is 0 Å². The van der Waals surface area contributed by atoms with E-state index in [0.29, 0.717) is 12.0 Å². The molecule has 0 radical (unpaired) electrons. The van der Waals surface area contributed by atoms with Crippen LogP contribution in [0.15, 0.2) is 12.4 Å². The Bertz CT molecular complexity index is 376. The molecule has 2 N–H and O–H groups in total. The lowest BCUT2D eigenvalue weighted by atomic mass is 9.86. The smallest absolute Gasteiger partial charge is 0.167 e. The van der Waals surface area contributed by atoms with E-state index < -0.39 is 0 Å². The fraction of sp³-hybridized carbons (Fsp3) is 0.692. The topological polar surface area (TPSA) is 60.9 Å². The maximum absolute atomic E-state index is 11.9. The zero-order valence-electron chi connectivity index (χ0n) is 11.2. The summed E-state index contributed by atoms with van der Waals surface area (Å²) >= 11 is 0. The lowest BCUT2D eigenvalue weighted by Gasteiger charge is -2.22. The zero-order chi connectivity index (χ0) is 13.1. The van der Waals surface area contributed by atoms with E-state index in [1.54, 1.807) is 17.1 Å². The van der Waals surface area contributed by atoms with Crippen molar-refractivity contribution in [2.45, 2.75) is 53.1 Å². The number of aryl methyl sites for hydroxylation is 1. The van der Waals surface area contributed by atoms with Crippen molar-refractivity contribution in [2.75, 3.05) is 0 Å². The van der Waals surface area contributed by atoms with Gasteiger partial charge in [-0.2, -0.15) is 5.10 Å². The molecule has 0 spiro atoms. The van der Waals surface area contributed by atoms with Crippen molar-refractivity contribution in [1.82, 2.24) is 9.78 Å². The summed E-state index contributed by atoms with van der Waals surface area (Å²) in [5, 5.41) is 4.09. The maximum atomic E-state index is 11.9. The quantitative estimate of drug-likeness (QED) is 0.799. The molecule has 4 nitrogen and oxygen atoms in total. The normalized spacial score (nSPS) is 13.7. The van der Waals surface area contributed by atoms with Crippen LogP contribution in [-0.4, -0.2) is 21.6 Å². The second-order valence-electron chi connectivity index (χ2n) is 5.74. The van der Waals surface area contributed by atoms with Crippen LogP contribution in [0.25, 0.3) is 0 Å². The molecule has 0 fully saturated rings. The SMILES string of the molecule is CCn1cc(C(=O)CC(N)CC(C)(C)C)cn1. The molecule has 17 heavy (non-hydrogen) atoms. The van der Waals surface area contributed by atoms with Crippen LogP contribution in [0.2, 0.25) is 0 Å². The fourth-order valence-corrected chi connectivity index (χ4v) is 1.90. The second-order valence-corrected chi connectivity index (χ2v) is 5.74. The molecule has 0 aliphatic heterocycles. The summed E-state index contributed by atoms with van der Waals surface area (Å²) < 4.78 is 1.75. The number of aromatic nitrogens is 2. The van der Waals surface area contributed by atoms with Gasteiger partial charge in [0.05, 0.1) is 11.8 Å². The minimum Gasteiger partial charge on any atom is -0.327 e. The molecule has 0 aliphatic rings.